The minimum Gasteiger partial charge on any atom is -0.354 e. The molecule has 3 aromatic rings. The first kappa shape index (κ1) is 19.9. The Labute approximate surface area is 173 Å². The van der Waals surface area contributed by atoms with Gasteiger partial charge in [0, 0.05) is 24.7 Å². The van der Waals surface area contributed by atoms with Crippen molar-refractivity contribution in [1.29, 1.82) is 0 Å². The minimum absolute atomic E-state index is 0.139. The van der Waals surface area contributed by atoms with Crippen molar-refractivity contribution in [2.45, 2.75) is 19.8 Å². The molecule has 5 nitrogen and oxygen atoms in total. The molecule has 1 unspecified atom stereocenters. The molecule has 4 rings (SSSR count). The number of carbonyl (C=O) groups is 1. The summed E-state index contributed by atoms with van der Waals surface area (Å²) in [6, 6.07) is 14.8. The van der Waals surface area contributed by atoms with Crippen LogP contribution in [0.4, 0.5) is 20.3 Å². The summed E-state index contributed by atoms with van der Waals surface area (Å²) in [5.74, 6) is -1.23. The smallest absolute Gasteiger partial charge is 0.229 e. The Morgan fingerprint density at radius 1 is 1.10 bits per heavy atom. The van der Waals surface area contributed by atoms with E-state index in [-0.39, 0.29) is 17.5 Å². The molecule has 1 saturated heterocycles. The first-order chi connectivity index (χ1) is 14.5. The Bertz CT molecular complexity index is 1060. The highest BCUT2D eigenvalue weighted by Gasteiger charge is 2.27. The highest BCUT2D eigenvalue weighted by Crippen LogP contribution is 2.26. The summed E-state index contributed by atoms with van der Waals surface area (Å²) in [7, 11) is 0. The quantitative estimate of drug-likeness (QED) is 0.686. The molecule has 154 valence electrons. The molecule has 1 atom stereocenters. The van der Waals surface area contributed by atoms with Crippen LogP contribution in [0, 0.1) is 24.5 Å². The summed E-state index contributed by atoms with van der Waals surface area (Å²) in [6.45, 7) is 3.23. The van der Waals surface area contributed by atoms with Gasteiger partial charge in [0.15, 0.2) is 5.82 Å². The van der Waals surface area contributed by atoms with Crippen LogP contribution in [0.5, 0.6) is 0 Å². The second-order valence-electron chi connectivity index (χ2n) is 7.49. The van der Waals surface area contributed by atoms with Crippen LogP contribution in [0.15, 0.2) is 54.6 Å². The van der Waals surface area contributed by atoms with Crippen molar-refractivity contribution < 1.29 is 13.6 Å². The first-order valence-corrected chi connectivity index (χ1v) is 9.92. The molecule has 1 N–H and O–H groups in total. The van der Waals surface area contributed by atoms with E-state index < -0.39 is 11.6 Å². The molecule has 1 fully saturated rings. The lowest BCUT2D eigenvalue weighted by Gasteiger charge is -2.32. The molecule has 1 amide bonds. The number of nitrogens with one attached hydrogen (secondary N) is 1. The maximum atomic E-state index is 13.8. The van der Waals surface area contributed by atoms with E-state index in [1.165, 1.54) is 0 Å². The van der Waals surface area contributed by atoms with Crippen molar-refractivity contribution in [2.75, 3.05) is 23.3 Å². The van der Waals surface area contributed by atoms with Crippen molar-refractivity contribution in [2.24, 2.45) is 5.92 Å². The average molecular weight is 408 g/mol. The largest absolute Gasteiger partial charge is 0.354 e. The zero-order valence-corrected chi connectivity index (χ0v) is 16.6. The number of rotatable bonds is 4. The Morgan fingerprint density at radius 2 is 1.93 bits per heavy atom. The van der Waals surface area contributed by atoms with Gasteiger partial charge in [0.1, 0.15) is 11.6 Å². The van der Waals surface area contributed by atoms with Gasteiger partial charge in [0.05, 0.1) is 17.3 Å². The molecule has 7 heteroatoms. The molecule has 2 aromatic carbocycles. The molecular formula is C23H22F2N4O. The maximum absolute atomic E-state index is 13.8. The van der Waals surface area contributed by atoms with Crippen molar-refractivity contribution in [3.63, 3.8) is 0 Å². The van der Waals surface area contributed by atoms with Gasteiger partial charge < -0.3 is 10.2 Å². The molecule has 2 heterocycles. The lowest BCUT2D eigenvalue weighted by Crippen LogP contribution is -2.41. The third-order valence-electron chi connectivity index (χ3n) is 5.37. The van der Waals surface area contributed by atoms with Crippen LogP contribution in [0.25, 0.3) is 11.3 Å². The Morgan fingerprint density at radius 3 is 2.70 bits per heavy atom. The second-order valence-corrected chi connectivity index (χ2v) is 7.49. The van der Waals surface area contributed by atoms with Gasteiger partial charge in [-0.25, -0.2) is 8.78 Å². The van der Waals surface area contributed by atoms with E-state index >= 15 is 0 Å². The lowest BCUT2D eigenvalue weighted by atomic mass is 9.97. The standard InChI is InChI=1S/C23H22F2N4O/c1-15-5-2-3-7-18(15)20-10-11-22(28-27-20)29-12-4-6-16(14-29)23(30)26-21-13-17(24)8-9-19(21)25/h2-3,5,7-11,13,16H,4,6,12,14H2,1H3,(H,26,30). The van der Waals surface area contributed by atoms with Crippen molar-refractivity contribution in [3.8, 4) is 11.3 Å². The fourth-order valence-electron chi connectivity index (χ4n) is 3.73. The van der Waals surface area contributed by atoms with Crippen LogP contribution >= 0.6 is 0 Å². The van der Waals surface area contributed by atoms with Gasteiger partial charge in [-0.3, -0.25) is 4.79 Å². The predicted octanol–water partition coefficient (Wildman–Crippen LogP) is 4.59. The summed E-state index contributed by atoms with van der Waals surface area (Å²) in [5.41, 5.74) is 2.81. The fraction of sp³-hybridized carbons (Fsp3) is 0.261. The molecule has 0 spiro atoms. The minimum atomic E-state index is -0.657. The number of piperidine rings is 1. The van der Waals surface area contributed by atoms with Gasteiger partial charge in [-0.15, -0.1) is 10.2 Å². The highest BCUT2D eigenvalue weighted by molar-refractivity contribution is 5.93. The average Bonchev–Trinajstić information content (AvgIpc) is 2.77. The van der Waals surface area contributed by atoms with Crippen LogP contribution in [0.3, 0.4) is 0 Å². The van der Waals surface area contributed by atoms with Crippen LogP contribution in [-0.2, 0) is 4.79 Å². The number of hydrogen-bond donors (Lipinski definition) is 1. The van der Waals surface area contributed by atoms with Crippen molar-refractivity contribution >= 4 is 17.4 Å². The lowest BCUT2D eigenvalue weighted by molar-refractivity contribution is -0.120. The molecule has 1 aliphatic heterocycles. The van der Waals surface area contributed by atoms with Gasteiger partial charge in [-0.1, -0.05) is 24.3 Å². The number of anilines is 2. The number of aromatic nitrogens is 2. The van der Waals surface area contributed by atoms with Crippen molar-refractivity contribution in [1.82, 2.24) is 10.2 Å². The molecule has 0 aliphatic carbocycles. The van der Waals surface area contributed by atoms with E-state index in [2.05, 4.69) is 15.5 Å². The predicted molar refractivity (Wildman–Crippen MR) is 112 cm³/mol. The zero-order valence-electron chi connectivity index (χ0n) is 16.6. The number of benzene rings is 2. The van der Waals surface area contributed by atoms with E-state index in [0.29, 0.717) is 18.8 Å². The topological polar surface area (TPSA) is 58.1 Å². The van der Waals surface area contributed by atoms with E-state index in [9.17, 15) is 13.6 Å². The van der Waals surface area contributed by atoms with Gasteiger partial charge in [0.2, 0.25) is 5.91 Å². The summed E-state index contributed by atoms with van der Waals surface area (Å²) >= 11 is 0. The summed E-state index contributed by atoms with van der Waals surface area (Å²) in [5, 5.41) is 11.2. The SMILES string of the molecule is Cc1ccccc1-c1ccc(N2CCCC(C(=O)Nc3cc(F)ccc3F)C2)nn1. The third-order valence-corrected chi connectivity index (χ3v) is 5.37. The van der Waals surface area contributed by atoms with Gasteiger partial charge >= 0.3 is 0 Å². The number of hydrogen-bond acceptors (Lipinski definition) is 4. The maximum Gasteiger partial charge on any atom is 0.229 e. The van der Waals surface area contributed by atoms with E-state index in [1.807, 2.05) is 48.2 Å². The molecule has 1 aromatic heterocycles. The van der Waals surface area contributed by atoms with Gasteiger partial charge in [0.25, 0.3) is 0 Å². The Hall–Kier alpha value is -3.35. The van der Waals surface area contributed by atoms with Crippen LogP contribution in [0.1, 0.15) is 18.4 Å². The molecule has 1 aliphatic rings. The van der Waals surface area contributed by atoms with Gasteiger partial charge in [-0.05, 0) is 49.6 Å². The van der Waals surface area contributed by atoms with Gasteiger partial charge in [-0.2, -0.15) is 0 Å². The molecule has 30 heavy (non-hydrogen) atoms. The monoisotopic (exact) mass is 408 g/mol. The molecule has 0 bridgehead atoms. The Kier molecular flexibility index (Phi) is 5.70. The summed E-state index contributed by atoms with van der Waals surface area (Å²) < 4.78 is 27.2. The molecular weight excluding hydrogens is 386 g/mol. The summed E-state index contributed by atoms with van der Waals surface area (Å²) in [4.78, 5) is 14.6. The Balaban J connectivity index is 1.45. The fourth-order valence-corrected chi connectivity index (χ4v) is 3.73. The normalized spacial score (nSPS) is 16.4. The first-order valence-electron chi connectivity index (χ1n) is 9.92. The highest BCUT2D eigenvalue weighted by atomic mass is 19.1. The van der Waals surface area contributed by atoms with Crippen molar-refractivity contribution in [3.05, 3.63) is 71.8 Å². The number of amides is 1. The van der Waals surface area contributed by atoms with E-state index in [1.54, 1.807) is 0 Å². The van der Waals surface area contributed by atoms with Crippen LogP contribution < -0.4 is 10.2 Å². The number of halogens is 2. The van der Waals surface area contributed by atoms with E-state index in [4.69, 9.17) is 0 Å². The molecule has 0 radical (unpaired) electrons. The zero-order chi connectivity index (χ0) is 21.1. The van der Waals surface area contributed by atoms with Crippen LogP contribution in [0.2, 0.25) is 0 Å². The third kappa shape index (κ3) is 4.30. The van der Waals surface area contributed by atoms with E-state index in [0.717, 1.165) is 48.0 Å². The van der Waals surface area contributed by atoms with Crippen LogP contribution in [-0.4, -0.2) is 29.2 Å². The molecule has 0 saturated carbocycles. The number of aryl methyl sites for hydroxylation is 1. The second kappa shape index (κ2) is 8.57. The number of carbonyl (C=O) groups excluding carboxylic acids is 1. The number of nitrogens with zero attached hydrogens (tertiary/aromatic N) is 3. The summed E-state index contributed by atoms with van der Waals surface area (Å²) in [6.07, 6.45) is 1.47.